The lowest BCUT2D eigenvalue weighted by atomic mass is 10.2. The third-order valence-electron chi connectivity index (χ3n) is 5.34. The van der Waals surface area contributed by atoms with Crippen LogP contribution in [-0.4, -0.2) is 51.7 Å². The number of hydrogen-bond donors (Lipinski definition) is 2. The topological polar surface area (TPSA) is 94.1 Å². The van der Waals surface area contributed by atoms with E-state index in [0.717, 1.165) is 5.69 Å². The predicted octanol–water partition coefficient (Wildman–Crippen LogP) is 3.84. The van der Waals surface area contributed by atoms with E-state index >= 15 is 0 Å². The first-order chi connectivity index (χ1) is 15.9. The fourth-order valence-corrected chi connectivity index (χ4v) is 4.80. The van der Waals surface area contributed by atoms with E-state index in [0.29, 0.717) is 49.0 Å². The molecule has 2 N–H and O–H groups in total. The number of sulfonamides is 1. The Morgan fingerprint density at radius 3 is 2.45 bits per heavy atom. The second-order valence-corrected chi connectivity index (χ2v) is 9.62. The number of halogens is 1. The molecule has 0 unspecified atom stereocenters. The second kappa shape index (κ2) is 10.1. The van der Waals surface area contributed by atoms with Crippen LogP contribution in [0.5, 0.6) is 0 Å². The van der Waals surface area contributed by atoms with Crippen LogP contribution < -0.4 is 14.9 Å². The molecular formula is C23H24ClN5O3S. The van der Waals surface area contributed by atoms with Crippen molar-refractivity contribution in [1.29, 1.82) is 0 Å². The van der Waals surface area contributed by atoms with Crippen molar-refractivity contribution in [2.24, 2.45) is 4.99 Å². The van der Waals surface area contributed by atoms with E-state index < -0.39 is 10.0 Å². The SMILES string of the molecule is O=C(Nc1ccccc1Cl)N1CCN(c2ccc(S(=O)(=O)NC3=CCC=NC=C3)cc2)CC1. The summed E-state index contributed by atoms with van der Waals surface area (Å²) < 4.78 is 28.0. The quantitative estimate of drug-likeness (QED) is 0.672. The monoisotopic (exact) mass is 485 g/mol. The van der Waals surface area contributed by atoms with Crippen LogP contribution in [0.3, 0.4) is 0 Å². The molecule has 33 heavy (non-hydrogen) atoms. The predicted molar refractivity (Wildman–Crippen MR) is 131 cm³/mol. The highest BCUT2D eigenvalue weighted by atomic mass is 35.5. The van der Waals surface area contributed by atoms with Gasteiger partial charge in [0.15, 0.2) is 0 Å². The fourth-order valence-electron chi connectivity index (χ4n) is 3.54. The number of carbonyl (C=O) groups excluding carboxylic acids is 1. The second-order valence-electron chi connectivity index (χ2n) is 7.53. The summed E-state index contributed by atoms with van der Waals surface area (Å²) in [5, 5.41) is 3.34. The minimum atomic E-state index is -3.69. The highest BCUT2D eigenvalue weighted by Gasteiger charge is 2.22. The summed E-state index contributed by atoms with van der Waals surface area (Å²) in [5.74, 6) is 0. The number of rotatable bonds is 5. The molecule has 0 spiro atoms. The average Bonchev–Trinajstić information content (AvgIpc) is 3.09. The van der Waals surface area contributed by atoms with E-state index in [1.165, 1.54) is 0 Å². The molecule has 2 aromatic rings. The maximum absolute atomic E-state index is 12.7. The van der Waals surface area contributed by atoms with Crippen LogP contribution in [0, 0.1) is 0 Å². The number of hydrogen-bond acceptors (Lipinski definition) is 5. The van der Waals surface area contributed by atoms with E-state index in [-0.39, 0.29) is 10.9 Å². The summed E-state index contributed by atoms with van der Waals surface area (Å²) in [5.41, 5.74) is 1.98. The van der Waals surface area contributed by atoms with Gasteiger partial charge in [-0.05, 0) is 42.5 Å². The molecule has 0 saturated carbocycles. The van der Waals surface area contributed by atoms with Gasteiger partial charge in [0.05, 0.1) is 15.6 Å². The Kier molecular flexibility index (Phi) is 7.00. The standard InChI is InChI=1S/C23H24ClN5O3S/c24-21-5-1-2-6-22(21)26-23(30)29-16-14-28(15-17-29)19-7-9-20(10-8-19)33(31,32)27-18-4-3-12-25-13-11-18/h1-2,4-13,27H,3,14-17H2,(H,26,30). The van der Waals surface area contributed by atoms with Gasteiger partial charge in [0.1, 0.15) is 0 Å². The number of piperazine rings is 1. The van der Waals surface area contributed by atoms with Gasteiger partial charge in [0, 0.05) is 56.4 Å². The normalized spacial score (nSPS) is 16.2. The molecule has 2 heterocycles. The molecule has 0 radical (unpaired) electrons. The highest BCUT2D eigenvalue weighted by Crippen LogP contribution is 2.23. The molecule has 2 aliphatic heterocycles. The van der Waals surface area contributed by atoms with Crippen LogP contribution >= 0.6 is 11.6 Å². The number of anilines is 2. The van der Waals surface area contributed by atoms with E-state index in [1.807, 2.05) is 12.1 Å². The van der Waals surface area contributed by atoms with E-state index in [9.17, 15) is 13.2 Å². The van der Waals surface area contributed by atoms with Gasteiger partial charge in [-0.15, -0.1) is 0 Å². The first-order valence-electron chi connectivity index (χ1n) is 10.5. The molecule has 2 aliphatic rings. The maximum Gasteiger partial charge on any atom is 0.322 e. The molecule has 0 aromatic heterocycles. The van der Waals surface area contributed by atoms with Crippen molar-refractivity contribution in [3.8, 4) is 0 Å². The van der Waals surface area contributed by atoms with Gasteiger partial charge in [0.2, 0.25) is 0 Å². The summed E-state index contributed by atoms with van der Waals surface area (Å²) in [6.07, 6.45) is 7.20. The molecule has 4 rings (SSSR count). The average molecular weight is 486 g/mol. The highest BCUT2D eigenvalue weighted by molar-refractivity contribution is 7.89. The van der Waals surface area contributed by atoms with Gasteiger partial charge >= 0.3 is 6.03 Å². The number of aliphatic imine (C=N–C) groups is 1. The molecule has 172 valence electrons. The van der Waals surface area contributed by atoms with Crippen molar-refractivity contribution >= 4 is 45.2 Å². The third-order valence-corrected chi connectivity index (χ3v) is 7.06. The molecule has 0 aliphatic carbocycles. The van der Waals surface area contributed by atoms with Crippen LogP contribution in [0.1, 0.15) is 6.42 Å². The zero-order valence-corrected chi connectivity index (χ0v) is 19.4. The number of para-hydroxylation sites is 1. The van der Waals surface area contributed by atoms with E-state index in [1.54, 1.807) is 65.9 Å². The summed E-state index contributed by atoms with van der Waals surface area (Å²) in [7, 11) is -3.69. The lowest BCUT2D eigenvalue weighted by Crippen LogP contribution is -2.50. The van der Waals surface area contributed by atoms with Gasteiger partial charge in [-0.2, -0.15) is 0 Å². The largest absolute Gasteiger partial charge is 0.368 e. The fraction of sp³-hybridized carbons (Fsp3) is 0.217. The third kappa shape index (κ3) is 5.74. The lowest BCUT2D eigenvalue weighted by Gasteiger charge is -2.36. The van der Waals surface area contributed by atoms with E-state index in [4.69, 9.17) is 11.6 Å². The molecule has 2 amide bonds. The van der Waals surface area contributed by atoms with Crippen molar-refractivity contribution in [2.75, 3.05) is 36.4 Å². The van der Waals surface area contributed by atoms with Gasteiger partial charge in [-0.3, -0.25) is 9.71 Å². The van der Waals surface area contributed by atoms with Crippen molar-refractivity contribution in [2.45, 2.75) is 11.3 Å². The Hall–Kier alpha value is -3.30. The van der Waals surface area contributed by atoms with Crippen molar-refractivity contribution in [3.63, 3.8) is 0 Å². The number of amides is 2. The van der Waals surface area contributed by atoms with Crippen LogP contribution in [0.25, 0.3) is 0 Å². The molecule has 1 fully saturated rings. The zero-order valence-electron chi connectivity index (χ0n) is 17.8. The Balaban J connectivity index is 1.34. The van der Waals surface area contributed by atoms with Crippen molar-refractivity contribution in [1.82, 2.24) is 9.62 Å². The lowest BCUT2D eigenvalue weighted by molar-refractivity contribution is 0.208. The Bertz CT molecular complexity index is 1200. The van der Waals surface area contributed by atoms with Gasteiger partial charge in [-0.25, -0.2) is 13.2 Å². The zero-order chi connectivity index (χ0) is 23.3. The molecule has 10 heteroatoms. The minimum absolute atomic E-state index is 0.184. The Morgan fingerprint density at radius 2 is 1.73 bits per heavy atom. The molecule has 8 nitrogen and oxygen atoms in total. The summed E-state index contributed by atoms with van der Waals surface area (Å²) in [6.45, 7) is 2.36. The number of carbonyl (C=O) groups is 1. The molecule has 0 bridgehead atoms. The number of nitrogens with one attached hydrogen (secondary N) is 2. The number of urea groups is 1. The van der Waals surface area contributed by atoms with Crippen LogP contribution in [-0.2, 0) is 10.0 Å². The minimum Gasteiger partial charge on any atom is -0.368 e. The first-order valence-corrected chi connectivity index (χ1v) is 12.4. The van der Waals surface area contributed by atoms with Crippen LogP contribution in [0.4, 0.5) is 16.2 Å². The van der Waals surface area contributed by atoms with Gasteiger partial charge in [-0.1, -0.05) is 29.8 Å². The maximum atomic E-state index is 12.7. The van der Waals surface area contributed by atoms with Crippen LogP contribution in [0.2, 0.25) is 5.02 Å². The Morgan fingerprint density at radius 1 is 1.00 bits per heavy atom. The molecular weight excluding hydrogens is 462 g/mol. The number of nitrogens with zero attached hydrogens (tertiary/aromatic N) is 3. The van der Waals surface area contributed by atoms with Crippen LogP contribution in [0.15, 0.2) is 82.5 Å². The summed E-state index contributed by atoms with van der Waals surface area (Å²) in [4.78, 5) is 20.6. The first kappa shape index (κ1) is 22.9. The smallest absolute Gasteiger partial charge is 0.322 e. The van der Waals surface area contributed by atoms with Gasteiger partial charge in [0.25, 0.3) is 10.0 Å². The van der Waals surface area contributed by atoms with Gasteiger partial charge < -0.3 is 15.1 Å². The van der Waals surface area contributed by atoms with Crippen molar-refractivity contribution in [3.05, 3.63) is 77.6 Å². The summed E-state index contributed by atoms with van der Waals surface area (Å²) >= 11 is 6.12. The number of benzene rings is 2. The Labute approximate surface area is 198 Å². The molecule has 0 atom stereocenters. The number of allylic oxidation sites excluding steroid dienone is 2. The molecule has 2 aromatic carbocycles. The van der Waals surface area contributed by atoms with E-state index in [2.05, 4.69) is 19.9 Å². The molecule has 1 saturated heterocycles. The summed E-state index contributed by atoms with van der Waals surface area (Å²) in [6, 6.07) is 13.7. The van der Waals surface area contributed by atoms with Crippen molar-refractivity contribution < 1.29 is 13.2 Å².